The average Bonchev–Trinajstić information content (AvgIpc) is 2.33. The minimum atomic E-state index is -0.693. The van der Waals surface area contributed by atoms with Crippen LogP contribution in [0.3, 0.4) is 0 Å². The van der Waals surface area contributed by atoms with Crippen LogP contribution in [0, 0.1) is 0 Å². The molecule has 0 radical (unpaired) electrons. The molecular formula is C13H21NO2S. The highest BCUT2D eigenvalue weighted by molar-refractivity contribution is 7.84. The highest BCUT2D eigenvalue weighted by Gasteiger charge is 1.93. The van der Waals surface area contributed by atoms with Crippen LogP contribution in [-0.4, -0.2) is 35.9 Å². The first-order chi connectivity index (χ1) is 8.29. The van der Waals surface area contributed by atoms with Gasteiger partial charge in [0.2, 0.25) is 0 Å². The van der Waals surface area contributed by atoms with E-state index in [0.717, 1.165) is 31.9 Å². The molecule has 1 atom stereocenters. The summed E-state index contributed by atoms with van der Waals surface area (Å²) < 4.78 is 16.3. The maximum Gasteiger partial charge on any atom is 0.0716 e. The van der Waals surface area contributed by atoms with Crippen molar-refractivity contribution in [3.05, 3.63) is 35.9 Å². The van der Waals surface area contributed by atoms with Crippen molar-refractivity contribution in [2.45, 2.75) is 13.0 Å². The first-order valence-electron chi connectivity index (χ1n) is 5.91. The van der Waals surface area contributed by atoms with Gasteiger partial charge in [-0.25, -0.2) is 0 Å². The SMILES string of the molecule is CS(=O)CCNCCCOCc1ccccc1. The fourth-order valence-corrected chi connectivity index (χ4v) is 1.84. The van der Waals surface area contributed by atoms with Gasteiger partial charge in [-0.3, -0.25) is 4.21 Å². The Kier molecular flexibility index (Phi) is 7.88. The van der Waals surface area contributed by atoms with Gasteiger partial charge in [0, 0.05) is 36.0 Å². The largest absolute Gasteiger partial charge is 0.377 e. The molecule has 0 aliphatic heterocycles. The molecule has 0 heterocycles. The molecule has 3 nitrogen and oxygen atoms in total. The summed E-state index contributed by atoms with van der Waals surface area (Å²) in [7, 11) is -0.693. The van der Waals surface area contributed by atoms with Crippen LogP contribution in [0.25, 0.3) is 0 Å². The van der Waals surface area contributed by atoms with Gasteiger partial charge < -0.3 is 10.1 Å². The number of rotatable bonds is 9. The quantitative estimate of drug-likeness (QED) is 0.681. The third-order valence-electron chi connectivity index (χ3n) is 2.32. The van der Waals surface area contributed by atoms with E-state index in [1.807, 2.05) is 18.2 Å². The summed E-state index contributed by atoms with van der Waals surface area (Å²) in [5.74, 6) is 0.727. The van der Waals surface area contributed by atoms with Crippen LogP contribution in [0.5, 0.6) is 0 Å². The van der Waals surface area contributed by atoms with Crippen molar-refractivity contribution in [3.8, 4) is 0 Å². The second-order valence-electron chi connectivity index (χ2n) is 3.92. The van der Waals surface area contributed by atoms with Gasteiger partial charge in [-0.05, 0) is 18.5 Å². The maximum atomic E-state index is 10.8. The normalized spacial score (nSPS) is 12.5. The standard InChI is InChI=1S/C13H21NO2S/c1-17(15)11-9-14-8-5-10-16-12-13-6-3-2-4-7-13/h2-4,6-7,14H,5,8-12H2,1H3. The lowest BCUT2D eigenvalue weighted by molar-refractivity contribution is 0.118. The van der Waals surface area contributed by atoms with Crippen molar-refractivity contribution in [2.75, 3.05) is 31.7 Å². The first kappa shape index (κ1) is 14.4. The molecule has 0 spiro atoms. The van der Waals surface area contributed by atoms with Crippen LogP contribution in [0.15, 0.2) is 30.3 Å². The smallest absolute Gasteiger partial charge is 0.0716 e. The number of benzene rings is 1. The van der Waals surface area contributed by atoms with Gasteiger partial charge in [0.25, 0.3) is 0 Å². The molecule has 1 N–H and O–H groups in total. The monoisotopic (exact) mass is 255 g/mol. The second kappa shape index (κ2) is 9.33. The number of hydrogen-bond donors (Lipinski definition) is 1. The van der Waals surface area contributed by atoms with Crippen molar-refractivity contribution < 1.29 is 8.95 Å². The lowest BCUT2D eigenvalue weighted by Crippen LogP contribution is -2.22. The predicted octanol–water partition coefficient (Wildman–Crippen LogP) is 1.56. The molecule has 4 heteroatoms. The van der Waals surface area contributed by atoms with Crippen LogP contribution in [0.1, 0.15) is 12.0 Å². The fraction of sp³-hybridized carbons (Fsp3) is 0.538. The van der Waals surface area contributed by atoms with Gasteiger partial charge in [0.15, 0.2) is 0 Å². The second-order valence-corrected chi connectivity index (χ2v) is 5.47. The van der Waals surface area contributed by atoms with Gasteiger partial charge in [-0.2, -0.15) is 0 Å². The third-order valence-corrected chi connectivity index (χ3v) is 3.10. The average molecular weight is 255 g/mol. The molecule has 0 amide bonds. The topological polar surface area (TPSA) is 38.3 Å². The Morgan fingerprint density at radius 3 is 2.71 bits per heavy atom. The summed E-state index contributed by atoms with van der Waals surface area (Å²) >= 11 is 0. The summed E-state index contributed by atoms with van der Waals surface area (Å²) in [4.78, 5) is 0. The molecule has 0 fully saturated rings. The van der Waals surface area contributed by atoms with Gasteiger partial charge in [-0.1, -0.05) is 30.3 Å². The molecule has 0 aliphatic carbocycles. The Labute approximate surface area is 106 Å². The van der Waals surface area contributed by atoms with Crippen molar-refractivity contribution in [2.24, 2.45) is 0 Å². The lowest BCUT2D eigenvalue weighted by atomic mass is 10.2. The summed E-state index contributed by atoms with van der Waals surface area (Å²) in [5.41, 5.74) is 1.21. The number of hydrogen-bond acceptors (Lipinski definition) is 3. The zero-order chi connectivity index (χ0) is 12.3. The Balaban J connectivity index is 1.90. The Morgan fingerprint density at radius 2 is 2.00 bits per heavy atom. The summed E-state index contributed by atoms with van der Waals surface area (Å²) in [5, 5.41) is 3.24. The molecule has 96 valence electrons. The van der Waals surface area contributed by atoms with E-state index >= 15 is 0 Å². The summed E-state index contributed by atoms with van der Waals surface area (Å²) in [6.45, 7) is 3.19. The van der Waals surface area contributed by atoms with Crippen LogP contribution in [0.4, 0.5) is 0 Å². The van der Waals surface area contributed by atoms with Gasteiger partial charge >= 0.3 is 0 Å². The zero-order valence-electron chi connectivity index (χ0n) is 10.4. The maximum absolute atomic E-state index is 10.8. The Morgan fingerprint density at radius 1 is 1.24 bits per heavy atom. The zero-order valence-corrected chi connectivity index (χ0v) is 11.2. The molecule has 0 saturated heterocycles. The van der Waals surface area contributed by atoms with Crippen LogP contribution >= 0.6 is 0 Å². The van der Waals surface area contributed by atoms with Gasteiger partial charge in [0.05, 0.1) is 6.61 Å². The Bertz CT molecular complexity index is 316. The molecular weight excluding hydrogens is 234 g/mol. The summed E-state index contributed by atoms with van der Waals surface area (Å²) in [6.07, 6.45) is 2.72. The van der Waals surface area contributed by atoms with E-state index < -0.39 is 10.8 Å². The van der Waals surface area contributed by atoms with Gasteiger partial charge in [0.1, 0.15) is 0 Å². The van der Waals surface area contributed by atoms with Crippen molar-refractivity contribution in [3.63, 3.8) is 0 Å². The Hall–Kier alpha value is -0.710. The molecule has 17 heavy (non-hydrogen) atoms. The van der Waals surface area contributed by atoms with E-state index in [0.29, 0.717) is 6.61 Å². The third kappa shape index (κ3) is 8.07. The van der Waals surface area contributed by atoms with Gasteiger partial charge in [-0.15, -0.1) is 0 Å². The van der Waals surface area contributed by atoms with E-state index in [9.17, 15) is 4.21 Å². The molecule has 1 rings (SSSR count). The minimum absolute atomic E-state index is 0.680. The predicted molar refractivity (Wildman–Crippen MR) is 72.5 cm³/mol. The van der Waals surface area contributed by atoms with E-state index in [4.69, 9.17) is 4.74 Å². The fourth-order valence-electron chi connectivity index (χ4n) is 1.40. The molecule has 0 bridgehead atoms. The van der Waals surface area contributed by atoms with Crippen molar-refractivity contribution in [1.29, 1.82) is 0 Å². The van der Waals surface area contributed by atoms with E-state index in [1.54, 1.807) is 6.26 Å². The lowest BCUT2D eigenvalue weighted by Gasteiger charge is -2.05. The summed E-state index contributed by atoms with van der Waals surface area (Å²) in [6, 6.07) is 10.2. The molecule has 1 aromatic rings. The van der Waals surface area contributed by atoms with E-state index in [1.165, 1.54) is 5.56 Å². The van der Waals surface area contributed by atoms with Crippen molar-refractivity contribution in [1.82, 2.24) is 5.32 Å². The number of nitrogens with one attached hydrogen (secondary N) is 1. The first-order valence-corrected chi connectivity index (χ1v) is 7.64. The molecule has 0 saturated carbocycles. The number of ether oxygens (including phenoxy) is 1. The van der Waals surface area contributed by atoms with E-state index in [2.05, 4.69) is 17.4 Å². The van der Waals surface area contributed by atoms with Crippen molar-refractivity contribution >= 4 is 10.8 Å². The van der Waals surface area contributed by atoms with Crippen LogP contribution in [0.2, 0.25) is 0 Å². The minimum Gasteiger partial charge on any atom is -0.377 e. The highest BCUT2D eigenvalue weighted by Crippen LogP contribution is 2.00. The van der Waals surface area contributed by atoms with E-state index in [-0.39, 0.29) is 0 Å². The molecule has 1 aromatic carbocycles. The molecule has 0 aliphatic rings. The van der Waals surface area contributed by atoms with Crippen LogP contribution < -0.4 is 5.32 Å². The molecule has 0 aromatic heterocycles. The van der Waals surface area contributed by atoms with Crippen LogP contribution in [-0.2, 0) is 22.1 Å². The highest BCUT2D eigenvalue weighted by atomic mass is 32.2. The molecule has 1 unspecified atom stereocenters.